The molecule has 23 heavy (non-hydrogen) atoms. The van der Waals surface area contributed by atoms with Crippen LogP contribution in [0.2, 0.25) is 0 Å². The Bertz CT molecular complexity index is 589. The van der Waals surface area contributed by atoms with Crippen molar-refractivity contribution in [2.24, 2.45) is 0 Å². The van der Waals surface area contributed by atoms with Gasteiger partial charge in [-0.15, -0.1) is 23.3 Å². The van der Waals surface area contributed by atoms with Crippen LogP contribution in [-0.2, 0) is 20.8 Å². The average molecular weight is 424 g/mol. The Morgan fingerprint density at radius 3 is 2.22 bits per heavy atom. The third-order valence-corrected chi connectivity index (χ3v) is 4.84. The molecule has 0 aliphatic heterocycles. The van der Waals surface area contributed by atoms with Gasteiger partial charge in [-0.3, -0.25) is 0 Å². The molecule has 4 aliphatic rings. The zero-order chi connectivity index (χ0) is 16.1. The Kier molecular flexibility index (Phi) is 6.69. The third kappa shape index (κ3) is 4.25. The molecule has 0 saturated heterocycles. The fourth-order valence-electron chi connectivity index (χ4n) is 3.74. The summed E-state index contributed by atoms with van der Waals surface area (Å²) < 4.78 is 0. The van der Waals surface area contributed by atoms with Crippen molar-refractivity contribution >= 4 is 17.0 Å². The van der Waals surface area contributed by atoms with Gasteiger partial charge < -0.3 is 0 Å². The van der Waals surface area contributed by atoms with Crippen molar-refractivity contribution in [3.05, 3.63) is 76.3 Å². The molecule has 0 aromatic rings. The second-order valence-electron chi connectivity index (χ2n) is 6.20. The minimum atomic E-state index is -0.826. The first-order valence-corrected chi connectivity index (χ1v) is 14.7. The molecule has 4 rings (SSSR count). The van der Waals surface area contributed by atoms with Crippen LogP contribution in [0.1, 0.15) is 44.9 Å². The second kappa shape index (κ2) is 8.75. The van der Waals surface area contributed by atoms with Gasteiger partial charge in [0, 0.05) is 0 Å². The molecule has 0 saturated carbocycles. The summed E-state index contributed by atoms with van der Waals surface area (Å²) in [6.07, 6.45) is 25.4. The van der Waals surface area contributed by atoms with E-state index in [1.165, 1.54) is 60.8 Å². The summed E-state index contributed by atoms with van der Waals surface area (Å²) in [6.45, 7) is 0. The van der Waals surface area contributed by atoms with Gasteiger partial charge in [-0.05, 0) is 55.2 Å². The third-order valence-electron chi connectivity index (χ3n) is 4.84. The van der Waals surface area contributed by atoms with Crippen molar-refractivity contribution in [2.45, 2.75) is 44.9 Å². The van der Waals surface area contributed by atoms with E-state index in [2.05, 4.69) is 42.9 Å². The summed E-state index contributed by atoms with van der Waals surface area (Å²) >= 11 is -0.826. The van der Waals surface area contributed by atoms with Crippen LogP contribution in [0, 0.1) is 6.42 Å². The molecule has 0 unspecified atom stereocenters. The number of hydrogen-bond acceptors (Lipinski definition) is 0. The monoisotopic (exact) mass is 421 g/mol. The summed E-state index contributed by atoms with van der Waals surface area (Å²) in [6, 6.07) is 0. The van der Waals surface area contributed by atoms with Gasteiger partial charge in [0.25, 0.3) is 0 Å². The molecule has 0 fully saturated rings. The molecule has 0 spiro atoms. The maximum absolute atomic E-state index is 4.93. The van der Waals surface area contributed by atoms with E-state index >= 15 is 0 Å². The van der Waals surface area contributed by atoms with Crippen LogP contribution in [0.4, 0.5) is 0 Å². The number of hydrogen-bond donors (Lipinski definition) is 0. The first kappa shape index (κ1) is 17.6. The van der Waals surface area contributed by atoms with E-state index in [9.17, 15) is 0 Å². The quantitative estimate of drug-likeness (QED) is 0.433. The van der Waals surface area contributed by atoms with Gasteiger partial charge >= 0.3 is 37.9 Å². The number of fused-ring (bicyclic) bond motifs is 2. The molecular weight excluding hydrogens is 402 g/mol. The molecule has 0 N–H and O–H groups in total. The standard InChI is InChI=1S/C20H21.2ClH.Zr/c1-3-7-19-15(5-1)9-11-17(19)13-14-18-12-10-16-6-2-4-8-20(16)18;;;/h7-13H,1-6,14H2;2*1H;/q-1;;;+2/p-2. The molecule has 0 heterocycles. The summed E-state index contributed by atoms with van der Waals surface area (Å²) in [4.78, 5) is 0. The van der Waals surface area contributed by atoms with Crippen molar-refractivity contribution in [2.75, 3.05) is 0 Å². The number of allylic oxidation sites excluding steroid dienone is 12. The van der Waals surface area contributed by atoms with Crippen LogP contribution < -0.4 is 0 Å². The Hall–Kier alpha value is -0.227. The van der Waals surface area contributed by atoms with E-state index in [1.807, 2.05) is 0 Å². The number of halogens is 2. The van der Waals surface area contributed by atoms with Gasteiger partial charge in [-0.1, -0.05) is 24.6 Å². The Balaban J connectivity index is 0.000000485. The molecule has 0 atom stereocenters. The van der Waals surface area contributed by atoms with Crippen molar-refractivity contribution in [3.8, 4) is 0 Å². The minimum absolute atomic E-state index is 0.826. The van der Waals surface area contributed by atoms with Crippen molar-refractivity contribution < 1.29 is 20.8 Å². The zero-order valence-electron chi connectivity index (χ0n) is 13.2. The molecule has 0 nitrogen and oxygen atoms in total. The van der Waals surface area contributed by atoms with Crippen LogP contribution >= 0.6 is 17.0 Å². The van der Waals surface area contributed by atoms with Gasteiger partial charge in [0.2, 0.25) is 0 Å². The number of rotatable bonds is 3. The van der Waals surface area contributed by atoms with Gasteiger partial charge in [0.1, 0.15) is 0 Å². The van der Waals surface area contributed by atoms with Crippen molar-refractivity contribution in [1.29, 1.82) is 0 Å². The van der Waals surface area contributed by atoms with Gasteiger partial charge in [-0.25, -0.2) is 0 Å². The summed E-state index contributed by atoms with van der Waals surface area (Å²) in [5, 5.41) is 0. The summed E-state index contributed by atoms with van der Waals surface area (Å²) in [5.74, 6) is 0. The molecule has 3 heteroatoms. The molecule has 4 aliphatic carbocycles. The van der Waals surface area contributed by atoms with Crippen LogP contribution in [0.15, 0.2) is 69.9 Å². The molecular formula is C20H21Cl2Zr-. The van der Waals surface area contributed by atoms with Crippen LogP contribution in [-0.4, -0.2) is 0 Å². The SMILES string of the molecule is C1=C([CH-]CC2=CC=C3CCCC=C23)C2=CCCCC2=C1.[Cl][Zr][Cl]. The van der Waals surface area contributed by atoms with Crippen molar-refractivity contribution in [3.63, 3.8) is 0 Å². The first-order valence-electron chi connectivity index (χ1n) is 8.35. The van der Waals surface area contributed by atoms with Gasteiger partial charge in [0.05, 0.1) is 0 Å². The van der Waals surface area contributed by atoms with E-state index in [4.69, 9.17) is 17.0 Å². The molecule has 0 bridgehead atoms. The topological polar surface area (TPSA) is 0 Å². The molecule has 0 aromatic heterocycles. The summed E-state index contributed by atoms with van der Waals surface area (Å²) in [5.41, 5.74) is 9.14. The Morgan fingerprint density at radius 2 is 1.48 bits per heavy atom. The normalized spacial score (nSPS) is 21.3. The fourth-order valence-corrected chi connectivity index (χ4v) is 3.74. The molecule has 0 aromatic carbocycles. The zero-order valence-corrected chi connectivity index (χ0v) is 17.2. The fraction of sp³-hybridized carbons (Fsp3) is 0.350. The predicted molar refractivity (Wildman–Crippen MR) is 96.8 cm³/mol. The average Bonchev–Trinajstić information content (AvgIpc) is 3.18. The molecule has 0 radical (unpaired) electrons. The first-order chi connectivity index (χ1) is 11.3. The van der Waals surface area contributed by atoms with Crippen LogP contribution in [0.3, 0.4) is 0 Å². The van der Waals surface area contributed by atoms with Crippen LogP contribution in [0.25, 0.3) is 0 Å². The van der Waals surface area contributed by atoms with Gasteiger partial charge in [-0.2, -0.15) is 18.1 Å². The summed E-state index contributed by atoms with van der Waals surface area (Å²) in [7, 11) is 9.87. The predicted octanol–water partition coefficient (Wildman–Crippen LogP) is 6.91. The Labute approximate surface area is 158 Å². The second-order valence-corrected chi connectivity index (χ2v) is 9.93. The maximum atomic E-state index is 4.93. The Morgan fingerprint density at radius 1 is 0.870 bits per heavy atom. The van der Waals surface area contributed by atoms with E-state index in [0.717, 1.165) is 6.42 Å². The van der Waals surface area contributed by atoms with E-state index in [-0.39, 0.29) is 0 Å². The van der Waals surface area contributed by atoms with Crippen molar-refractivity contribution in [1.82, 2.24) is 0 Å². The van der Waals surface area contributed by atoms with Gasteiger partial charge in [0.15, 0.2) is 0 Å². The molecule has 0 amide bonds. The van der Waals surface area contributed by atoms with E-state index in [0.29, 0.717) is 0 Å². The molecule has 120 valence electrons. The van der Waals surface area contributed by atoms with E-state index < -0.39 is 20.8 Å². The van der Waals surface area contributed by atoms with Crippen LogP contribution in [0.5, 0.6) is 0 Å². The van der Waals surface area contributed by atoms with E-state index in [1.54, 1.807) is 11.1 Å².